The van der Waals surface area contributed by atoms with Crippen LogP contribution in [0.3, 0.4) is 0 Å². The molecular formula is C16H20N2OS. The Kier molecular flexibility index (Phi) is 5.77. The summed E-state index contributed by atoms with van der Waals surface area (Å²) >= 11 is 1.73. The Morgan fingerprint density at radius 1 is 1.20 bits per heavy atom. The Balaban J connectivity index is 1.77. The molecule has 0 bridgehead atoms. The summed E-state index contributed by atoms with van der Waals surface area (Å²) in [4.78, 5) is 15.4. The normalized spacial score (nSPS) is 10.7. The van der Waals surface area contributed by atoms with Crippen molar-refractivity contribution in [3.8, 4) is 0 Å². The summed E-state index contributed by atoms with van der Waals surface area (Å²) in [6, 6.07) is 14.1. The highest BCUT2D eigenvalue weighted by atomic mass is 32.1. The molecule has 1 heterocycles. The fraction of sp³-hybridized carbons (Fsp3) is 0.312. The zero-order valence-electron chi connectivity index (χ0n) is 11.7. The number of nitrogens with zero attached hydrogens (tertiary/aromatic N) is 1. The summed E-state index contributed by atoms with van der Waals surface area (Å²) in [6.07, 6.45) is 0. The van der Waals surface area contributed by atoms with E-state index in [9.17, 15) is 4.79 Å². The van der Waals surface area contributed by atoms with Crippen LogP contribution in [0.2, 0.25) is 0 Å². The first kappa shape index (κ1) is 14.8. The van der Waals surface area contributed by atoms with Gasteiger partial charge in [-0.05, 0) is 23.6 Å². The quantitative estimate of drug-likeness (QED) is 0.849. The van der Waals surface area contributed by atoms with Crippen molar-refractivity contribution in [2.75, 3.05) is 13.1 Å². The molecule has 0 unspecified atom stereocenters. The maximum atomic E-state index is 12.0. The fourth-order valence-corrected chi connectivity index (χ4v) is 2.70. The molecule has 0 aliphatic heterocycles. The van der Waals surface area contributed by atoms with Crippen LogP contribution in [0.25, 0.3) is 0 Å². The Bertz CT molecular complexity index is 511. The van der Waals surface area contributed by atoms with Crippen LogP contribution in [-0.4, -0.2) is 23.9 Å². The molecule has 4 heteroatoms. The number of amides is 1. The van der Waals surface area contributed by atoms with E-state index < -0.39 is 0 Å². The van der Waals surface area contributed by atoms with E-state index in [1.807, 2.05) is 36.4 Å². The number of likely N-dealkylation sites (N-methyl/N-ethyl adjacent to an activating group) is 1. The van der Waals surface area contributed by atoms with Crippen LogP contribution >= 0.6 is 11.3 Å². The summed E-state index contributed by atoms with van der Waals surface area (Å²) < 4.78 is 0. The predicted molar refractivity (Wildman–Crippen MR) is 83.6 cm³/mol. The van der Waals surface area contributed by atoms with Crippen LogP contribution in [0.5, 0.6) is 0 Å². The molecule has 20 heavy (non-hydrogen) atoms. The van der Waals surface area contributed by atoms with Gasteiger partial charge in [-0.2, -0.15) is 0 Å². The van der Waals surface area contributed by atoms with Crippen LogP contribution in [0.1, 0.15) is 17.4 Å². The molecule has 1 aromatic carbocycles. The lowest BCUT2D eigenvalue weighted by molar-refractivity contribution is -0.122. The Labute approximate surface area is 124 Å². The SMILES string of the molecule is CCN(CC(=O)NCc1ccccc1)Cc1cccs1. The second-order valence-corrected chi connectivity index (χ2v) is 5.68. The zero-order valence-corrected chi connectivity index (χ0v) is 12.5. The first-order chi connectivity index (χ1) is 9.78. The average Bonchev–Trinajstić information content (AvgIpc) is 2.98. The van der Waals surface area contributed by atoms with Crippen molar-refractivity contribution in [3.05, 3.63) is 58.3 Å². The zero-order chi connectivity index (χ0) is 14.2. The van der Waals surface area contributed by atoms with E-state index in [4.69, 9.17) is 0 Å². The number of hydrogen-bond donors (Lipinski definition) is 1. The molecule has 0 aliphatic rings. The van der Waals surface area contributed by atoms with Gasteiger partial charge in [0, 0.05) is 18.0 Å². The molecule has 0 fully saturated rings. The summed E-state index contributed by atoms with van der Waals surface area (Å²) in [5.74, 6) is 0.0762. The molecule has 2 rings (SSSR count). The fourth-order valence-electron chi connectivity index (χ4n) is 1.96. The third-order valence-electron chi connectivity index (χ3n) is 3.11. The minimum Gasteiger partial charge on any atom is -0.351 e. The van der Waals surface area contributed by atoms with Crippen molar-refractivity contribution in [1.82, 2.24) is 10.2 Å². The molecule has 0 saturated heterocycles. The molecule has 0 atom stereocenters. The molecule has 1 N–H and O–H groups in total. The van der Waals surface area contributed by atoms with E-state index in [-0.39, 0.29) is 5.91 Å². The van der Waals surface area contributed by atoms with Crippen molar-refractivity contribution >= 4 is 17.2 Å². The van der Waals surface area contributed by atoms with Crippen LogP contribution in [0.4, 0.5) is 0 Å². The molecule has 0 spiro atoms. The summed E-state index contributed by atoms with van der Waals surface area (Å²) in [5, 5.41) is 5.03. The van der Waals surface area contributed by atoms with Crippen molar-refractivity contribution in [2.45, 2.75) is 20.0 Å². The largest absolute Gasteiger partial charge is 0.351 e. The number of carbonyl (C=O) groups excluding carboxylic acids is 1. The monoisotopic (exact) mass is 288 g/mol. The van der Waals surface area contributed by atoms with Crippen molar-refractivity contribution in [1.29, 1.82) is 0 Å². The maximum Gasteiger partial charge on any atom is 0.234 e. The number of carbonyl (C=O) groups is 1. The van der Waals surface area contributed by atoms with E-state index in [2.05, 4.69) is 28.6 Å². The van der Waals surface area contributed by atoms with Crippen LogP contribution in [0, 0.1) is 0 Å². The smallest absolute Gasteiger partial charge is 0.234 e. The minimum absolute atomic E-state index is 0.0762. The van der Waals surface area contributed by atoms with Gasteiger partial charge >= 0.3 is 0 Å². The van der Waals surface area contributed by atoms with Crippen LogP contribution in [-0.2, 0) is 17.9 Å². The standard InChI is InChI=1S/C16H20N2OS/c1-2-18(12-15-9-6-10-20-15)13-16(19)17-11-14-7-4-3-5-8-14/h3-10H,2,11-13H2,1H3,(H,17,19). The van der Waals surface area contributed by atoms with E-state index in [1.165, 1.54) is 4.88 Å². The van der Waals surface area contributed by atoms with Gasteiger partial charge in [-0.15, -0.1) is 11.3 Å². The van der Waals surface area contributed by atoms with Crippen molar-refractivity contribution in [2.24, 2.45) is 0 Å². The van der Waals surface area contributed by atoms with Gasteiger partial charge in [0.15, 0.2) is 0 Å². The lowest BCUT2D eigenvalue weighted by Gasteiger charge is -2.19. The Morgan fingerprint density at radius 3 is 2.65 bits per heavy atom. The van der Waals surface area contributed by atoms with Crippen LogP contribution in [0.15, 0.2) is 47.8 Å². The molecule has 3 nitrogen and oxygen atoms in total. The lowest BCUT2D eigenvalue weighted by atomic mass is 10.2. The first-order valence-corrected chi connectivity index (χ1v) is 7.71. The number of thiophene rings is 1. The third-order valence-corrected chi connectivity index (χ3v) is 3.97. The number of rotatable bonds is 7. The molecule has 2 aromatic rings. The third kappa shape index (κ3) is 4.79. The number of hydrogen-bond acceptors (Lipinski definition) is 3. The van der Waals surface area contributed by atoms with Gasteiger partial charge < -0.3 is 5.32 Å². The topological polar surface area (TPSA) is 32.3 Å². The van der Waals surface area contributed by atoms with Gasteiger partial charge in [0.05, 0.1) is 6.54 Å². The van der Waals surface area contributed by atoms with Gasteiger partial charge in [-0.1, -0.05) is 43.3 Å². The molecular weight excluding hydrogens is 268 g/mol. The first-order valence-electron chi connectivity index (χ1n) is 6.83. The van der Waals surface area contributed by atoms with E-state index >= 15 is 0 Å². The lowest BCUT2D eigenvalue weighted by Crippen LogP contribution is -2.36. The molecule has 0 radical (unpaired) electrons. The van der Waals surface area contributed by atoms with Gasteiger partial charge in [-0.3, -0.25) is 9.69 Å². The summed E-state index contributed by atoms with van der Waals surface area (Å²) in [6.45, 7) is 4.83. The second-order valence-electron chi connectivity index (χ2n) is 4.64. The highest BCUT2D eigenvalue weighted by Gasteiger charge is 2.09. The highest BCUT2D eigenvalue weighted by molar-refractivity contribution is 7.09. The van der Waals surface area contributed by atoms with Crippen molar-refractivity contribution < 1.29 is 4.79 Å². The molecule has 1 amide bonds. The highest BCUT2D eigenvalue weighted by Crippen LogP contribution is 2.11. The van der Waals surface area contributed by atoms with Gasteiger partial charge in [0.2, 0.25) is 5.91 Å². The number of benzene rings is 1. The molecule has 106 valence electrons. The summed E-state index contributed by atoms with van der Waals surface area (Å²) in [7, 11) is 0. The second kappa shape index (κ2) is 7.82. The number of nitrogens with one attached hydrogen (secondary N) is 1. The van der Waals surface area contributed by atoms with E-state index in [1.54, 1.807) is 11.3 Å². The summed E-state index contributed by atoms with van der Waals surface area (Å²) in [5.41, 5.74) is 1.13. The molecule has 0 aliphatic carbocycles. The van der Waals surface area contributed by atoms with Crippen LogP contribution < -0.4 is 5.32 Å². The van der Waals surface area contributed by atoms with E-state index in [0.29, 0.717) is 13.1 Å². The van der Waals surface area contributed by atoms with E-state index in [0.717, 1.165) is 18.7 Å². The van der Waals surface area contributed by atoms with Gasteiger partial charge in [-0.25, -0.2) is 0 Å². The molecule has 0 saturated carbocycles. The molecule has 1 aromatic heterocycles. The Morgan fingerprint density at radius 2 is 2.00 bits per heavy atom. The van der Waals surface area contributed by atoms with Crippen molar-refractivity contribution in [3.63, 3.8) is 0 Å². The maximum absolute atomic E-state index is 12.0. The minimum atomic E-state index is 0.0762. The average molecular weight is 288 g/mol. The van der Waals surface area contributed by atoms with Gasteiger partial charge in [0.1, 0.15) is 0 Å². The Hall–Kier alpha value is -1.65. The predicted octanol–water partition coefficient (Wildman–Crippen LogP) is 2.89. The van der Waals surface area contributed by atoms with Gasteiger partial charge in [0.25, 0.3) is 0 Å².